The predicted molar refractivity (Wildman–Crippen MR) is 74.8 cm³/mol. The maximum absolute atomic E-state index is 11.5. The average Bonchev–Trinajstić information content (AvgIpc) is 2.38. The molecule has 20 heavy (non-hydrogen) atoms. The Bertz CT molecular complexity index is 476. The Hall–Kier alpha value is -2.15. The summed E-state index contributed by atoms with van der Waals surface area (Å²) in [6, 6.07) is 6.03. The van der Waals surface area contributed by atoms with E-state index in [1.807, 2.05) is 11.9 Å². The van der Waals surface area contributed by atoms with Crippen molar-refractivity contribution in [3.63, 3.8) is 0 Å². The van der Waals surface area contributed by atoms with E-state index in [-0.39, 0.29) is 11.6 Å². The number of carbonyl (C=O) groups is 1. The first-order valence-corrected chi connectivity index (χ1v) is 6.16. The molecule has 0 aliphatic heterocycles. The van der Waals surface area contributed by atoms with Crippen LogP contribution in [0, 0.1) is 10.1 Å². The van der Waals surface area contributed by atoms with E-state index < -0.39 is 4.92 Å². The summed E-state index contributed by atoms with van der Waals surface area (Å²) >= 11 is 0. The van der Waals surface area contributed by atoms with Gasteiger partial charge in [0.15, 0.2) is 0 Å². The van der Waals surface area contributed by atoms with E-state index in [1.54, 1.807) is 26.2 Å². The van der Waals surface area contributed by atoms with Gasteiger partial charge in [-0.1, -0.05) is 6.07 Å². The molecule has 7 heteroatoms. The second-order valence-electron chi connectivity index (χ2n) is 4.63. The highest BCUT2D eigenvalue weighted by Crippen LogP contribution is 2.18. The van der Waals surface area contributed by atoms with Gasteiger partial charge in [-0.3, -0.25) is 19.8 Å². The van der Waals surface area contributed by atoms with E-state index >= 15 is 0 Å². The summed E-state index contributed by atoms with van der Waals surface area (Å²) < 4.78 is 5.44. The summed E-state index contributed by atoms with van der Waals surface area (Å²) in [5.41, 5.74) is -0.00126. The molecule has 1 aromatic carbocycles. The minimum Gasteiger partial charge on any atom is -0.492 e. The third-order valence-corrected chi connectivity index (χ3v) is 2.67. The van der Waals surface area contributed by atoms with Gasteiger partial charge in [-0.25, -0.2) is 0 Å². The molecule has 0 aliphatic carbocycles. The SMILES string of the molecule is CN(CCOc1cccc([N+](=O)[O-])c1)CC(=O)N(C)C. The number of non-ortho nitro benzene ring substituents is 1. The number of amides is 1. The molecule has 0 aliphatic rings. The van der Waals surface area contributed by atoms with E-state index in [9.17, 15) is 14.9 Å². The number of nitro groups is 1. The highest BCUT2D eigenvalue weighted by atomic mass is 16.6. The van der Waals surface area contributed by atoms with E-state index in [0.717, 1.165) is 0 Å². The average molecular weight is 281 g/mol. The number of ether oxygens (including phenoxy) is 1. The molecule has 110 valence electrons. The first-order valence-electron chi connectivity index (χ1n) is 6.16. The molecule has 1 amide bonds. The zero-order chi connectivity index (χ0) is 15.1. The van der Waals surface area contributed by atoms with Gasteiger partial charge in [0.2, 0.25) is 5.91 Å². The number of benzene rings is 1. The standard InChI is InChI=1S/C13H19N3O4/c1-14(2)13(17)10-15(3)7-8-20-12-6-4-5-11(9-12)16(18)19/h4-6,9H,7-8,10H2,1-3H3. The van der Waals surface area contributed by atoms with Crippen LogP contribution in [-0.4, -0.2) is 61.5 Å². The second kappa shape index (κ2) is 7.44. The Morgan fingerprint density at radius 1 is 1.35 bits per heavy atom. The van der Waals surface area contributed by atoms with Crippen LogP contribution in [0.25, 0.3) is 0 Å². The quantitative estimate of drug-likeness (QED) is 0.550. The van der Waals surface area contributed by atoms with Gasteiger partial charge in [-0.15, -0.1) is 0 Å². The monoisotopic (exact) mass is 281 g/mol. The molecule has 1 aromatic rings. The zero-order valence-corrected chi connectivity index (χ0v) is 11.9. The number of nitrogens with zero attached hydrogens (tertiary/aromatic N) is 3. The van der Waals surface area contributed by atoms with Crippen molar-refractivity contribution in [1.82, 2.24) is 9.80 Å². The largest absolute Gasteiger partial charge is 0.492 e. The molecule has 0 spiro atoms. The van der Waals surface area contributed by atoms with Crippen molar-refractivity contribution in [1.29, 1.82) is 0 Å². The third-order valence-electron chi connectivity index (χ3n) is 2.67. The fourth-order valence-corrected chi connectivity index (χ4v) is 1.46. The molecule has 1 rings (SSSR count). The molecule has 0 bridgehead atoms. The van der Waals surface area contributed by atoms with Crippen LogP contribution in [0.2, 0.25) is 0 Å². The molecule has 0 radical (unpaired) electrons. The number of hydrogen-bond acceptors (Lipinski definition) is 5. The van der Waals surface area contributed by atoms with Gasteiger partial charge in [0.25, 0.3) is 5.69 Å². The normalized spacial score (nSPS) is 10.4. The van der Waals surface area contributed by atoms with Gasteiger partial charge in [-0.2, -0.15) is 0 Å². The fraction of sp³-hybridized carbons (Fsp3) is 0.462. The number of rotatable bonds is 7. The Morgan fingerprint density at radius 2 is 2.05 bits per heavy atom. The van der Waals surface area contributed by atoms with Gasteiger partial charge >= 0.3 is 0 Å². The van der Waals surface area contributed by atoms with E-state index in [0.29, 0.717) is 25.4 Å². The smallest absolute Gasteiger partial charge is 0.273 e. The number of likely N-dealkylation sites (N-methyl/N-ethyl adjacent to an activating group) is 2. The van der Waals surface area contributed by atoms with Gasteiger partial charge in [0.1, 0.15) is 12.4 Å². The van der Waals surface area contributed by atoms with Crippen LogP contribution in [0.1, 0.15) is 0 Å². The molecule has 0 saturated carbocycles. The van der Waals surface area contributed by atoms with Crippen LogP contribution >= 0.6 is 0 Å². The van der Waals surface area contributed by atoms with Crippen LogP contribution in [0.4, 0.5) is 5.69 Å². The van der Waals surface area contributed by atoms with E-state index in [4.69, 9.17) is 4.74 Å². The summed E-state index contributed by atoms with van der Waals surface area (Å²) in [5.74, 6) is 0.467. The lowest BCUT2D eigenvalue weighted by atomic mass is 10.3. The molecule has 0 atom stereocenters. The Labute approximate surface area is 117 Å². The minimum atomic E-state index is -0.464. The van der Waals surface area contributed by atoms with Gasteiger partial charge in [-0.05, 0) is 13.1 Å². The lowest BCUT2D eigenvalue weighted by Gasteiger charge is -2.18. The third kappa shape index (κ3) is 5.23. The van der Waals surface area contributed by atoms with Crippen LogP contribution in [0.5, 0.6) is 5.75 Å². The van der Waals surface area contributed by atoms with Crippen molar-refractivity contribution in [3.05, 3.63) is 34.4 Å². The summed E-state index contributed by atoms with van der Waals surface area (Å²) in [7, 11) is 5.23. The lowest BCUT2D eigenvalue weighted by molar-refractivity contribution is -0.384. The lowest BCUT2D eigenvalue weighted by Crippen LogP contribution is -2.36. The summed E-state index contributed by atoms with van der Waals surface area (Å²) in [4.78, 5) is 25.0. The zero-order valence-electron chi connectivity index (χ0n) is 11.9. The summed E-state index contributed by atoms with van der Waals surface area (Å²) in [5, 5.41) is 10.6. The number of carbonyl (C=O) groups excluding carboxylic acids is 1. The highest BCUT2D eigenvalue weighted by molar-refractivity contribution is 5.77. The molecular formula is C13H19N3O4. The Balaban J connectivity index is 2.39. The Kier molecular flexibility index (Phi) is 5.92. The van der Waals surface area contributed by atoms with Crippen molar-refractivity contribution < 1.29 is 14.5 Å². The minimum absolute atomic E-state index is 0.00126. The van der Waals surface area contributed by atoms with Crippen molar-refractivity contribution in [2.45, 2.75) is 0 Å². The van der Waals surface area contributed by atoms with Crippen molar-refractivity contribution >= 4 is 11.6 Å². The van der Waals surface area contributed by atoms with Gasteiger partial charge < -0.3 is 9.64 Å². The number of nitro benzene ring substituents is 1. The fourth-order valence-electron chi connectivity index (χ4n) is 1.46. The van der Waals surface area contributed by atoms with Crippen LogP contribution in [0.15, 0.2) is 24.3 Å². The molecule has 0 fully saturated rings. The molecular weight excluding hydrogens is 262 g/mol. The van der Waals surface area contributed by atoms with Gasteiger partial charge in [0, 0.05) is 26.7 Å². The Morgan fingerprint density at radius 3 is 2.65 bits per heavy atom. The first-order chi connectivity index (χ1) is 9.40. The van der Waals surface area contributed by atoms with E-state index in [1.165, 1.54) is 17.0 Å². The van der Waals surface area contributed by atoms with Crippen molar-refractivity contribution in [3.8, 4) is 5.75 Å². The van der Waals surface area contributed by atoms with Crippen LogP contribution < -0.4 is 4.74 Å². The van der Waals surface area contributed by atoms with Crippen molar-refractivity contribution in [2.75, 3.05) is 40.8 Å². The molecule has 0 aromatic heterocycles. The summed E-state index contributed by atoms with van der Waals surface area (Å²) in [6.07, 6.45) is 0. The summed E-state index contributed by atoms with van der Waals surface area (Å²) in [6.45, 7) is 1.23. The van der Waals surface area contributed by atoms with E-state index in [2.05, 4.69) is 0 Å². The maximum Gasteiger partial charge on any atom is 0.273 e. The molecule has 0 unspecified atom stereocenters. The topological polar surface area (TPSA) is 75.9 Å². The second-order valence-corrected chi connectivity index (χ2v) is 4.63. The van der Waals surface area contributed by atoms with Crippen molar-refractivity contribution in [2.24, 2.45) is 0 Å². The van der Waals surface area contributed by atoms with Crippen LogP contribution in [0.3, 0.4) is 0 Å². The van der Waals surface area contributed by atoms with Crippen LogP contribution in [-0.2, 0) is 4.79 Å². The molecule has 0 N–H and O–H groups in total. The molecule has 7 nitrogen and oxygen atoms in total. The molecule has 0 heterocycles. The molecule has 0 saturated heterocycles. The first kappa shape index (κ1) is 15.9. The predicted octanol–water partition coefficient (Wildman–Crippen LogP) is 0.994. The highest BCUT2D eigenvalue weighted by Gasteiger charge is 2.09. The van der Waals surface area contributed by atoms with Gasteiger partial charge in [0.05, 0.1) is 17.5 Å². The maximum atomic E-state index is 11.5. The number of hydrogen-bond donors (Lipinski definition) is 0.